The molecule has 0 radical (unpaired) electrons. The second kappa shape index (κ2) is 4.57. The fourth-order valence-electron chi connectivity index (χ4n) is 1.79. The van der Waals surface area contributed by atoms with Crippen LogP contribution < -0.4 is 5.32 Å². The van der Waals surface area contributed by atoms with Crippen LogP contribution in [0.5, 0.6) is 0 Å². The molecule has 1 N–H and O–H groups in total. The van der Waals surface area contributed by atoms with Gasteiger partial charge in [-0.05, 0) is 17.5 Å². The van der Waals surface area contributed by atoms with Crippen molar-refractivity contribution in [3.05, 3.63) is 30.0 Å². The Morgan fingerprint density at radius 1 is 1.47 bits per heavy atom. The Kier molecular flexibility index (Phi) is 3.13. The number of carbonyl (C=O) groups is 1. The molecule has 4 nitrogen and oxygen atoms in total. The lowest BCUT2D eigenvalue weighted by Gasteiger charge is -2.07. The first-order valence-corrected chi connectivity index (χ1v) is 5.78. The number of hydrogen-bond acceptors (Lipinski definition) is 2. The topological polar surface area (TPSA) is 46.9 Å². The molecule has 0 aliphatic heterocycles. The van der Waals surface area contributed by atoms with E-state index in [4.69, 9.17) is 0 Å². The zero-order chi connectivity index (χ0) is 12.4. The monoisotopic (exact) mass is 231 g/mol. The van der Waals surface area contributed by atoms with E-state index in [1.807, 2.05) is 0 Å². The largest absolute Gasteiger partial charge is 0.358 e. The van der Waals surface area contributed by atoms with Crippen LogP contribution in [-0.4, -0.2) is 22.7 Å². The molecular formula is C13H17N3O. The Balaban J connectivity index is 2.43. The van der Waals surface area contributed by atoms with E-state index in [1.54, 1.807) is 17.9 Å². The van der Waals surface area contributed by atoms with E-state index in [0.717, 1.165) is 10.9 Å². The standard InChI is InChI=1S/C13H17N3O/c1-9(2)10-4-5-11-7-15-16(12(11)6-10)8-13(17)14-3/h4-7,9H,8H2,1-3H3,(H,14,17). The zero-order valence-electron chi connectivity index (χ0n) is 10.4. The Morgan fingerprint density at radius 2 is 2.24 bits per heavy atom. The van der Waals surface area contributed by atoms with Crippen LogP contribution in [-0.2, 0) is 11.3 Å². The molecule has 0 saturated heterocycles. The first kappa shape index (κ1) is 11.6. The number of rotatable bonds is 3. The van der Waals surface area contributed by atoms with Crippen molar-refractivity contribution < 1.29 is 4.79 Å². The lowest BCUT2D eigenvalue weighted by Crippen LogP contribution is -2.23. The van der Waals surface area contributed by atoms with Gasteiger partial charge < -0.3 is 5.32 Å². The summed E-state index contributed by atoms with van der Waals surface area (Å²) >= 11 is 0. The molecule has 4 heteroatoms. The summed E-state index contributed by atoms with van der Waals surface area (Å²) in [6.45, 7) is 4.57. The van der Waals surface area contributed by atoms with Gasteiger partial charge in [0.25, 0.3) is 0 Å². The third kappa shape index (κ3) is 2.30. The SMILES string of the molecule is CNC(=O)Cn1ncc2ccc(C(C)C)cc21. The maximum atomic E-state index is 11.4. The van der Waals surface area contributed by atoms with Gasteiger partial charge >= 0.3 is 0 Å². The minimum absolute atomic E-state index is 0.0371. The highest BCUT2D eigenvalue weighted by atomic mass is 16.1. The first-order valence-electron chi connectivity index (χ1n) is 5.78. The number of aromatic nitrogens is 2. The molecule has 90 valence electrons. The Bertz CT molecular complexity index is 543. The van der Waals surface area contributed by atoms with E-state index in [9.17, 15) is 4.79 Å². The molecular weight excluding hydrogens is 214 g/mol. The minimum atomic E-state index is -0.0371. The highest BCUT2D eigenvalue weighted by molar-refractivity contribution is 5.82. The van der Waals surface area contributed by atoms with Gasteiger partial charge in [0.15, 0.2) is 0 Å². The van der Waals surface area contributed by atoms with Gasteiger partial charge in [0.2, 0.25) is 5.91 Å². The van der Waals surface area contributed by atoms with Crippen LogP contribution in [0.4, 0.5) is 0 Å². The van der Waals surface area contributed by atoms with Crippen molar-refractivity contribution in [3.63, 3.8) is 0 Å². The lowest BCUT2D eigenvalue weighted by molar-refractivity contribution is -0.121. The Morgan fingerprint density at radius 3 is 2.88 bits per heavy atom. The predicted octanol–water partition coefficient (Wildman–Crippen LogP) is 1.91. The fraction of sp³-hybridized carbons (Fsp3) is 0.385. The average molecular weight is 231 g/mol. The maximum absolute atomic E-state index is 11.4. The van der Waals surface area contributed by atoms with E-state index in [1.165, 1.54) is 5.56 Å². The Labute approximate surface area is 101 Å². The van der Waals surface area contributed by atoms with Crippen LogP contribution in [0.3, 0.4) is 0 Å². The molecule has 0 fully saturated rings. The van der Waals surface area contributed by atoms with Crippen LogP contribution in [0.2, 0.25) is 0 Å². The van der Waals surface area contributed by atoms with Crippen LogP contribution >= 0.6 is 0 Å². The minimum Gasteiger partial charge on any atom is -0.358 e. The summed E-state index contributed by atoms with van der Waals surface area (Å²) in [5.74, 6) is 0.438. The van der Waals surface area contributed by atoms with Crippen molar-refractivity contribution in [2.75, 3.05) is 7.05 Å². The van der Waals surface area contributed by atoms with Crippen molar-refractivity contribution in [1.82, 2.24) is 15.1 Å². The molecule has 0 aliphatic rings. The van der Waals surface area contributed by atoms with Gasteiger partial charge in [0.1, 0.15) is 6.54 Å². The van der Waals surface area contributed by atoms with Crippen LogP contribution in [0.25, 0.3) is 10.9 Å². The summed E-state index contributed by atoms with van der Waals surface area (Å²) in [5.41, 5.74) is 2.27. The number of fused-ring (bicyclic) bond motifs is 1. The van der Waals surface area contributed by atoms with E-state index in [-0.39, 0.29) is 12.5 Å². The van der Waals surface area contributed by atoms with Crippen LogP contribution in [0.15, 0.2) is 24.4 Å². The summed E-state index contributed by atoms with van der Waals surface area (Å²) in [6.07, 6.45) is 1.79. The van der Waals surface area contributed by atoms with Crippen LogP contribution in [0, 0.1) is 0 Å². The van der Waals surface area contributed by atoms with Gasteiger partial charge in [0, 0.05) is 12.4 Å². The van der Waals surface area contributed by atoms with E-state index >= 15 is 0 Å². The van der Waals surface area contributed by atoms with E-state index < -0.39 is 0 Å². The fourth-order valence-corrected chi connectivity index (χ4v) is 1.79. The van der Waals surface area contributed by atoms with Gasteiger partial charge in [-0.3, -0.25) is 9.48 Å². The number of nitrogens with one attached hydrogen (secondary N) is 1. The second-order valence-corrected chi connectivity index (χ2v) is 4.45. The average Bonchev–Trinajstić information content (AvgIpc) is 2.71. The Hall–Kier alpha value is -1.84. The van der Waals surface area contributed by atoms with E-state index in [0.29, 0.717) is 5.92 Å². The smallest absolute Gasteiger partial charge is 0.241 e. The predicted molar refractivity (Wildman–Crippen MR) is 67.9 cm³/mol. The molecule has 0 saturated carbocycles. The molecule has 0 aliphatic carbocycles. The summed E-state index contributed by atoms with van der Waals surface area (Å²) in [6, 6.07) is 6.27. The van der Waals surface area contributed by atoms with Gasteiger partial charge in [0.05, 0.1) is 11.7 Å². The number of benzene rings is 1. The quantitative estimate of drug-likeness (QED) is 0.877. The van der Waals surface area contributed by atoms with Crippen molar-refractivity contribution >= 4 is 16.8 Å². The molecule has 17 heavy (non-hydrogen) atoms. The molecule has 1 amide bonds. The van der Waals surface area contributed by atoms with Crippen molar-refractivity contribution in [2.45, 2.75) is 26.3 Å². The molecule has 2 aromatic rings. The molecule has 0 spiro atoms. The highest BCUT2D eigenvalue weighted by Gasteiger charge is 2.08. The summed E-state index contributed by atoms with van der Waals surface area (Å²) in [5, 5.41) is 7.91. The van der Waals surface area contributed by atoms with E-state index in [2.05, 4.69) is 42.5 Å². The third-order valence-electron chi connectivity index (χ3n) is 2.91. The second-order valence-electron chi connectivity index (χ2n) is 4.45. The lowest BCUT2D eigenvalue weighted by atomic mass is 10.0. The van der Waals surface area contributed by atoms with Gasteiger partial charge in [-0.15, -0.1) is 0 Å². The maximum Gasteiger partial charge on any atom is 0.241 e. The van der Waals surface area contributed by atoms with Gasteiger partial charge in [-0.2, -0.15) is 5.10 Å². The summed E-state index contributed by atoms with van der Waals surface area (Å²) < 4.78 is 1.74. The number of hydrogen-bond donors (Lipinski definition) is 1. The molecule has 1 heterocycles. The molecule has 1 aromatic heterocycles. The van der Waals surface area contributed by atoms with Crippen molar-refractivity contribution in [2.24, 2.45) is 0 Å². The summed E-state index contributed by atoms with van der Waals surface area (Å²) in [4.78, 5) is 11.4. The number of nitrogens with zero attached hydrogens (tertiary/aromatic N) is 2. The van der Waals surface area contributed by atoms with Crippen LogP contribution in [0.1, 0.15) is 25.3 Å². The normalized spacial score (nSPS) is 11.1. The molecule has 0 unspecified atom stereocenters. The highest BCUT2D eigenvalue weighted by Crippen LogP contribution is 2.21. The molecule has 1 aromatic carbocycles. The van der Waals surface area contributed by atoms with Gasteiger partial charge in [-0.25, -0.2) is 0 Å². The van der Waals surface area contributed by atoms with Crippen molar-refractivity contribution in [1.29, 1.82) is 0 Å². The molecule has 0 atom stereocenters. The number of likely N-dealkylation sites (N-methyl/N-ethyl adjacent to an activating group) is 1. The third-order valence-corrected chi connectivity index (χ3v) is 2.91. The first-order chi connectivity index (χ1) is 8.11. The summed E-state index contributed by atoms with van der Waals surface area (Å²) in [7, 11) is 1.63. The zero-order valence-corrected chi connectivity index (χ0v) is 10.4. The number of amides is 1. The van der Waals surface area contributed by atoms with Crippen molar-refractivity contribution in [3.8, 4) is 0 Å². The van der Waals surface area contributed by atoms with Gasteiger partial charge in [-0.1, -0.05) is 26.0 Å². The molecule has 0 bridgehead atoms. The number of carbonyl (C=O) groups excluding carboxylic acids is 1. The molecule has 2 rings (SSSR count).